The van der Waals surface area contributed by atoms with Gasteiger partial charge in [-0.25, -0.2) is 0 Å². The maximum absolute atomic E-state index is 10.3. The second-order valence-corrected chi connectivity index (χ2v) is 2.05. The van der Waals surface area contributed by atoms with Crippen molar-refractivity contribution in [2.24, 2.45) is 0 Å². The molecular formula is C9H12O2. The van der Waals surface area contributed by atoms with E-state index in [0.717, 1.165) is 5.57 Å². The van der Waals surface area contributed by atoms with Crippen LogP contribution in [0.2, 0.25) is 0 Å². The predicted octanol–water partition coefficient (Wildman–Crippen LogP) is 1.52. The monoisotopic (exact) mass is 152 g/mol. The summed E-state index contributed by atoms with van der Waals surface area (Å²) in [5, 5.41) is 0. The number of rotatable bonds is 1. The van der Waals surface area contributed by atoms with Crippen LogP contribution in [0.3, 0.4) is 0 Å². The summed E-state index contributed by atoms with van der Waals surface area (Å²) >= 11 is 0. The van der Waals surface area contributed by atoms with Gasteiger partial charge in [0.05, 0.1) is 0 Å². The molecule has 0 N–H and O–H groups in total. The molecule has 0 saturated carbocycles. The summed E-state index contributed by atoms with van der Waals surface area (Å²) in [6.07, 6.45) is 1.90. The van der Waals surface area contributed by atoms with E-state index < -0.39 is 0 Å². The maximum atomic E-state index is 10.3. The van der Waals surface area contributed by atoms with Crippen LogP contribution in [0.4, 0.5) is 0 Å². The van der Waals surface area contributed by atoms with Gasteiger partial charge in [0.2, 0.25) is 0 Å². The van der Waals surface area contributed by atoms with Crippen molar-refractivity contribution in [1.82, 2.24) is 0 Å². The van der Waals surface area contributed by atoms with E-state index in [1.165, 1.54) is 6.92 Å². The summed E-state index contributed by atoms with van der Waals surface area (Å²) in [4.78, 5) is 10.3. The normalized spacial score (nSPS) is 9.91. The van der Waals surface area contributed by atoms with E-state index in [1.54, 1.807) is 0 Å². The molecule has 0 aliphatic carbocycles. The van der Waals surface area contributed by atoms with Crippen LogP contribution in [0.5, 0.6) is 0 Å². The SMILES string of the molecule is C/C=C(/C)C#CCOC(C)=O. The lowest BCUT2D eigenvalue weighted by atomic mass is 10.3. The van der Waals surface area contributed by atoms with Crippen LogP contribution in [-0.4, -0.2) is 12.6 Å². The Labute approximate surface area is 67.2 Å². The summed E-state index contributed by atoms with van der Waals surface area (Å²) in [6, 6.07) is 0. The van der Waals surface area contributed by atoms with Crippen molar-refractivity contribution in [1.29, 1.82) is 0 Å². The van der Waals surface area contributed by atoms with E-state index in [-0.39, 0.29) is 12.6 Å². The van der Waals surface area contributed by atoms with Crippen LogP contribution in [0.1, 0.15) is 20.8 Å². The largest absolute Gasteiger partial charge is 0.453 e. The Kier molecular flexibility index (Phi) is 4.93. The Bertz CT molecular complexity index is 215. The van der Waals surface area contributed by atoms with Gasteiger partial charge < -0.3 is 4.74 Å². The van der Waals surface area contributed by atoms with E-state index >= 15 is 0 Å². The van der Waals surface area contributed by atoms with Gasteiger partial charge in [-0.3, -0.25) is 4.79 Å². The van der Waals surface area contributed by atoms with Crippen molar-refractivity contribution in [2.45, 2.75) is 20.8 Å². The first-order chi connectivity index (χ1) is 5.16. The first-order valence-corrected chi connectivity index (χ1v) is 3.42. The average Bonchev–Trinajstić information content (AvgIpc) is 1.97. The molecule has 0 fully saturated rings. The van der Waals surface area contributed by atoms with Crippen molar-refractivity contribution in [2.75, 3.05) is 6.61 Å². The second-order valence-electron chi connectivity index (χ2n) is 2.05. The molecule has 0 spiro atoms. The zero-order chi connectivity index (χ0) is 8.69. The van der Waals surface area contributed by atoms with Crippen LogP contribution < -0.4 is 0 Å². The highest BCUT2D eigenvalue weighted by Crippen LogP contribution is 1.86. The van der Waals surface area contributed by atoms with Gasteiger partial charge in [0, 0.05) is 6.92 Å². The molecule has 0 bridgehead atoms. The summed E-state index contributed by atoms with van der Waals surface area (Å²) in [7, 11) is 0. The van der Waals surface area contributed by atoms with E-state index in [9.17, 15) is 4.79 Å². The van der Waals surface area contributed by atoms with Gasteiger partial charge in [0.15, 0.2) is 6.61 Å². The number of allylic oxidation sites excluding steroid dienone is 2. The van der Waals surface area contributed by atoms with Crippen molar-refractivity contribution >= 4 is 5.97 Å². The number of carbonyl (C=O) groups excluding carboxylic acids is 1. The molecule has 0 heterocycles. The minimum absolute atomic E-state index is 0.181. The first kappa shape index (κ1) is 9.77. The van der Waals surface area contributed by atoms with Crippen molar-refractivity contribution < 1.29 is 9.53 Å². The van der Waals surface area contributed by atoms with Crippen molar-refractivity contribution in [3.63, 3.8) is 0 Å². The fraction of sp³-hybridized carbons (Fsp3) is 0.444. The predicted molar refractivity (Wildman–Crippen MR) is 43.8 cm³/mol. The highest BCUT2D eigenvalue weighted by Gasteiger charge is 1.85. The molecule has 0 aromatic carbocycles. The quantitative estimate of drug-likeness (QED) is 0.420. The fourth-order valence-corrected chi connectivity index (χ4v) is 0.385. The maximum Gasteiger partial charge on any atom is 0.303 e. The van der Waals surface area contributed by atoms with Crippen LogP contribution in [0.25, 0.3) is 0 Å². The summed E-state index contributed by atoms with van der Waals surface area (Å²) < 4.78 is 4.60. The zero-order valence-corrected chi connectivity index (χ0v) is 7.10. The average molecular weight is 152 g/mol. The molecule has 0 unspecified atom stereocenters. The van der Waals surface area contributed by atoms with Crippen LogP contribution in [0, 0.1) is 11.8 Å². The van der Waals surface area contributed by atoms with Gasteiger partial charge in [-0.1, -0.05) is 17.9 Å². The third kappa shape index (κ3) is 6.66. The molecule has 0 atom stereocenters. The molecule has 0 amide bonds. The summed E-state index contributed by atoms with van der Waals surface area (Å²) in [5.41, 5.74) is 0.983. The third-order valence-corrected chi connectivity index (χ3v) is 1.07. The third-order valence-electron chi connectivity index (χ3n) is 1.07. The summed E-state index contributed by atoms with van der Waals surface area (Å²) in [6.45, 7) is 5.36. The molecule has 60 valence electrons. The highest BCUT2D eigenvalue weighted by molar-refractivity contribution is 5.66. The fourth-order valence-electron chi connectivity index (χ4n) is 0.385. The van der Waals surface area contributed by atoms with Gasteiger partial charge in [0.25, 0.3) is 0 Å². The molecule has 0 aromatic rings. The number of hydrogen-bond donors (Lipinski definition) is 0. The van der Waals surface area contributed by atoms with Gasteiger partial charge in [-0.15, -0.1) is 0 Å². The molecule has 0 aliphatic rings. The molecule has 0 aliphatic heterocycles. The number of esters is 1. The lowest BCUT2D eigenvalue weighted by Gasteiger charge is -1.90. The molecule has 0 saturated heterocycles. The molecule has 2 nitrogen and oxygen atoms in total. The van der Waals surface area contributed by atoms with Gasteiger partial charge in [0.1, 0.15) is 0 Å². The topological polar surface area (TPSA) is 26.3 Å². The minimum atomic E-state index is -0.294. The van der Waals surface area contributed by atoms with Crippen LogP contribution >= 0.6 is 0 Å². The number of hydrogen-bond acceptors (Lipinski definition) is 2. The Hall–Kier alpha value is -1.23. The molecule has 0 radical (unpaired) electrons. The minimum Gasteiger partial charge on any atom is -0.453 e. The lowest BCUT2D eigenvalue weighted by molar-refractivity contribution is -0.139. The molecule has 0 aromatic heterocycles. The van der Waals surface area contributed by atoms with E-state index in [2.05, 4.69) is 16.6 Å². The van der Waals surface area contributed by atoms with Crippen LogP contribution in [-0.2, 0) is 9.53 Å². The number of ether oxygens (including phenoxy) is 1. The zero-order valence-electron chi connectivity index (χ0n) is 7.10. The molecule has 11 heavy (non-hydrogen) atoms. The van der Waals surface area contributed by atoms with Gasteiger partial charge in [-0.2, -0.15) is 0 Å². The van der Waals surface area contributed by atoms with E-state index in [4.69, 9.17) is 0 Å². The Morgan fingerprint density at radius 1 is 1.55 bits per heavy atom. The molecular weight excluding hydrogens is 140 g/mol. The van der Waals surface area contributed by atoms with Gasteiger partial charge >= 0.3 is 5.97 Å². The lowest BCUT2D eigenvalue weighted by Crippen LogP contribution is -1.97. The smallest absolute Gasteiger partial charge is 0.303 e. The standard InChI is InChI=1S/C9H12O2/c1-4-8(2)6-5-7-11-9(3)10/h4H,7H2,1-3H3/b8-4-. The van der Waals surface area contributed by atoms with E-state index in [0.29, 0.717) is 0 Å². The highest BCUT2D eigenvalue weighted by atomic mass is 16.5. The van der Waals surface area contributed by atoms with Crippen molar-refractivity contribution in [3.05, 3.63) is 11.6 Å². The molecule has 0 rings (SSSR count). The summed E-state index contributed by atoms with van der Waals surface area (Å²) in [5.74, 6) is 5.23. The first-order valence-electron chi connectivity index (χ1n) is 3.42. The van der Waals surface area contributed by atoms with E-state index in [1.807, 2.05) is 19.9 Å². The Morgan fingerprint density at radius 3 is 2.64 bits per heavy atom. The van der Waals surface area contributed by atoms with Gasteiger partial charge in [-0.05, 0) is 19.4 Å². The van der Waals surface area contributed by atoms with Crippen molar-refractivity contribution in [3.8, 4) is 11.8 Å². The van der Waals surface area contributed by atoms with Crippen LogP contribution in [0.15, 0.2) is 11.6 Å². The second kappa shape index (κ2) is 5.55. The number of carbonyl (C=O) groups is 1. The Balaban J connectivity index is 3.65. The molecule has 2 heteroatoms. The Morgan fingerprint density at radius 2 is 2.18 bits per heavy atom.